The maximum absolute atomic E-state index is 12.1. The van der Waals surface area contributed by atoms with Gasteiger partial charge in [0.05, 0.1) is 10.7 Å². The van der Waals surface area contributed by atoms with Crippen molar-refractivity contribution in [1.29, 1.82) is 0 Å². The minimum atomic E-state index is -3.29. The average molecular weight is 344 g/mol. The molecule has 0 atom stereocenters. The molecule has 1 aliphatic heterocycles. The standard InChI is InChI=1S/C15H25N3O2S2/c1-2-9-16-22(19,20)18-10-7-12(8-11-18)15-17-13-5-3-4-6-14(13)21-15/h12,16H,2-11H2,1H3. The predicted octanol–water partition coefficient (Wildman–Crippen LogP) is 2.45. The highest BCUT2D eigenvalue weighted by Gasteiger charge is 2.30. The van der Waals surface area contributed by atoms with E-state index in [0.717, 1.165) is 25.7 Å². The number of piperidine rings is 1. The minimum absolute atomic E-state index is 0.438. The average Bonchev–Trinajstić information content (AvgIpc) is 2.97. The van der Waals surface area contributed by atoms with Crippen LogP contribution in [0.25, 0.3) is 0 Å². The lowest BCUT2D eigenvalue weighted by Gasteiger charge is -2.30. The largest absolute Gasteiger partial charge is 0.279 e. The maximum atomic E-state index is 12.1. The van der Waals surface area contributed by atoms with Gasteiger partial charge in [-0.1, -0.05) is 6.92 Å². The Kier molecular flexibility index (Phi) is 5.17. The van der Waals surface area contributed by atoms with Gasteiger partial charge in [-0.25, -0.2) is 9.71 Å². The molecule has 22 heavy (non-hydrogen) atoms. The minimum Gasteiger partial charge on any atom is -0.246 e. The smallest absolute Gasteiger partial charge is 0.246 e. The molecule has 0 saturated carbocycles. The second kappa shape index (κ2) is 6.95. The van der Waals surface area contributed by atoms with Crippen LogP contribution in [0.3, 0.4) is 0 Å². The quantitative estimate of drug-likeness (QED) is 0.893. The Labute approximate surface area is 137 Å². The fraction of sp³-hybridized carbons (Fsp3) is 0.800. The zero-order chi connectivity index (χ0) is 15.6. The van der Waals surface area contributed by atoms with Gasteiger partial charge < -0.3 is 0 Å². The van der Waals surface area contributed by atoms with Crippen molar-refractivity contribution in [1.82, 2.24) is 14.0 Å². The van der Waals surface area contributed by atoms with Gasteiger partial charge in [0.25, 0.3) is 10.2 Å². The normalized spacial score (nSPS) is 21.0. The van der Waals surface area contributed by atoms with E-state index in [4.69, 9.17) is 4.98 Å². The SMILES string of the molecule is CCCNS(=O)(=O)N1CCC(c2nc3c(s2)CCCC3)CC1. The van der Waals surface area contributed by atoms with Gasteiger partial charge in [0, 0.05) is 30.4 Å². The van der Waals surface area contributed by atoms with E-state index < -0.39 is 10.2 Å². The van der Waals surface area contributed by atoms with E-state index in [9.17, 15) is 8.42 Å². The molecule has 1 aromatic heterocycles. The first-order valence-electron chi connectivity index (χ1n) is 8.33. The number of thiazole rings is 1. The Morgan fingerprint density at radius 3 is 2.68 bits per heavy atom. The lowest BCUT2D eigenvalue weighted by molar-refractivity contribution is 0.315. The van der Waals surface area contributed by atoms with E-state index in [-0.39, 0.29) is 0 Å². The van der Waals surface area contributed by atoms with Crippen molar-refractivity contribution in [2.24, 2.45) is 0 Å². The first-order chi connectivity index (χ1) is 10.6. The predicted molar refractivity (Wildman–Crippen MR) is 89.5 cm³/mol. The van der Waals surface area contributed by atoms with E-state index in [1.807, 2.05) is 18.3 Å². The summed E-state index contributed by atoms with van der Waals surface area (Å²) in [5.41, 5.74) is 1.31. The van der Waals surface area contributed by atoms with Crippen LogP contribution in [0.2, 0.25) is 0 Å². The second-order valence-electron chi connectivity index (χ2n) is 6.20. The van der Waals surface area contributed by atoms with Crippen LogP contribution >= 0.6 is 11.3 Å². The van der Waals surface area contributed by atoms with Crippen molar-refractivity contribution in [3.63, 3.8) is 0 Å². The van der Waals surface area contributed by atoms with Gasteiger partial charge in [-0.2, -0.15) is 12.7 Å². The van der Waals surface area contributed by atoms with Crippen LogP contribution in [0.15, 0.2) is 0 Å². The first kappa shape index (κ1) is 16.4. The monoisotopic (exact) mass is 343 g/mol. The number of fused-ring (bicyclic) bond motifs is 1. The van der Waals surface area contributed by atoms with Gasteiger partial charge in [0.15, 0.2) is 0 Å². The number of nitrogens with zero attached hydrogens (tertiary/aromatic N) is 2. The molecular formula is C15H25N3O2S2. The molecule has 1 aromatic rings. The summed E-state index contributed by atoms with van der Waals surface area (Å²) >= 11 is 1.87. The number of aromatic nitrogens is 1. The number of rotatable bonds is 5. The highest BCUT2D eigenvalue weighted by molar-refractivity contribution is 7.87. The summed E-state index contributed by atoms with van der Waals surface area (Å²) in [5, 5.41) is 1.24. The maximum Gasteiger partial charge on any atom is 0.279 e. The van der Waals surface area contributed by atoms with Crippen molar-refractivity contribution in [2.75, 3.05) is 19.6 Å². The van der Waals surface area contributed by atoms with Crippen LogP contribution in [-0.2, 0) is 23.1 Å². The number of hydrogen-bond donors (Lipinski definition) is 1. The fourth-order valence-corrected chi connectivity index (χ4v) is 5.87. The molecule has 0 bridgehead atoms. The van der Waals surface area contributed by atoms with E-state index in [1.165, 1.54) is 34.8 Å². The van der Waals surface area contributed by atoms with Crippen LogP contribution in [0.4, 0.5) is 0 Å². The third kappa shape index (κ3) is 3.53. The van der Waals surface area contributed by atoms with Crippen molar-refractivity contribution in [2.45, 2.75) is 57.8 Å². The molecule has 3 rings (SSSR count). The summed E-state index contributed by atoms with van der Waals surface area (Å²) in [7, 11) is -3.29. The van der Waals surface area contributed by atoms with E-state index in [0.29, 0.717) is 25.6 Å². The van der Waals surface area contributed by atoms with Crippen molar-refractivity contribution in [3.05, 3.63) is 15.6 Å². The van der Waals surface area contributed by atoms with Gasteiger partial charge in [0.1, 0.15) is 0 Å². The Hall–Kier alpha value is -0.500. The third-order valence-corrected chi connectivity index (χ3v) is 7.47. The Balaban J connectivity index is 1.61. The molecule has 2 heterocycles. The Morgan fingerprint density at radius 2 is 2.00 bits per heavy atom. The summed E-state index contributed by atoms with van der Waals surface area (Å²) < 4.78 is 28.5. The molecule has 0 aromatic carbocycles. The number of nitrogens with one attached hydrogen (secondary N) is 1. The van der Waals surface area contributed by atoms with Crippen LogP contribution in [0.5, 0.6) is 0 Å². The van der Waals surface area contributed by atoms with Crippen molar-refractivity contribution in [3.8, 4) is 0 Å². The molecule has 7 heteroatoms. The van der Waals surface area contributed by atoms with E-state index in [2.05, 4.69) is 4.72 Å². The molecular weight excluding hydrogens is 318 g/mol. The van der Waals surface area contributed by atoms with Gasteiger partial charge in [-0.05, 0) is 44.9 Å². The summed E-state index contributed by atoms with van der Waals surface area (Å²) in [5.74, 6) is 0.438. The molecule has 2 aliphatic rings. The van der Waals surface area contributed by atoms with Crippen LogP contribution in [0.1, 0.15) is 60.5 Å². The summed E-state index contributed by atoms with van der Waals surface area (Å²) in [6.45, 7) is 3.70. The zero-order valence-electron chi connectivity index (χ0n) is 13.2. The topological polar surface area (TPSA) is 62.3 Å². The zero-order valence-corrected chi connectivity index (χ0v) is 14.8. The molecule has 1 aliphatic carbocycles. The highest BCUT2D eigenvalue weighted by atomic mass is 32.2. The third-order valence-electron chi connectivity index (χ3n) is 4.54. The van der Waals surface area contributed by atoms with Crippen molar-refractivity contribution >= 4 is 21.5 Å². The van der Waals surface area contributed by atoms with Gasteiger partial charge in [-0.3, -0.25) is 0 Å². The van der Waals surface area contributed by atoms with Crippen LogP contribution in [-0.4, -0.2) is 37.3 Å². The summed E-state index contributed by atoms with van der Waals surface area (Å²) in [4.78, 5) is 6.32. The lowest BCUT2D eigenvalue weighted by atomic mass is 9.99. The van der Waals surface area contributed by atoms with E-state index in [1.54, 1.807) is 4.31 Å². The Morgan fingerprint density at radius 1 is 1.27 bits per heavy atom. The van der Waals surface area contributed by atoms with Gasteiger partial charge in [0.2, 0.25) is 0 Å². The molecule has 1 saturated heterocycles. The molecule has 1 N–H and O–H groups in total. The number of hydrogen-bond acceptors (Lipinski definition) is 4. The highest BCUT2D eigenvalue weighted by Crippen LogP contribution is 2.35. The molecule has 124 valence electrons. The van der Waals surface area contributed by atoms with Crippen LogP contribution in [0, 0.1) is 0 Å². The molecule has 1 fully saturated rings. The van der Waals surface area contributed by atoms with Crippen LogP contribution < -0.4 is 4.72 Å². The molecule has 0 radical (unpaired) electrons. The van der Waals surface area contributed by atoms with Gasteiger partial charge in [-0.15, -0.1) is 11.3 Å². The molecule has 0 amide bonds. The molecule has 5 nitrogen and oxygen atoms in total. The fourth-order valence-electron chi connectivity index (χ4n) is 3.21. The Bertz CT molecular complexity index is 581. The first-order valence-corrected chi connectivity index (χ1v) is 10.6. The second-order valence-corrected chi connectivity index (χ2v) is 9.07. The van der Waals surface area contributed by atoms with E-state index >= 15 is 0 Å². The van der Waals surface area contributed by atoms with Gasteiger partial charge >= 0.3 is 0 Å². The molecule has 0 unspecified atom stereocenters. The summed E-state index contributed by atoms with van der Waals surface area (Å²) in [6.07, 6.45) is 7.45. The number of aryl methyl sites for hydroxylation is 2. The molecule has 0 spiro atoms. The summed E-state index contributed by atoms with van der Waals surface area (Å²) in [6, 6.07) is 0. The lowest BCUT2D eigenvalue weighted by Crippen LogP contribution is -2.44. The van der Waals surface area contributed by atoms with Crippen molar-refractivity contribution < 1.29 is 8.42 Å².